The number of anilines is 1. The maximum absolute atomic E-state index is 12.8. The van der Waals surface area contributed by atoms with E-state index in [0.29, 0.717) is 30.1 Å². The predicted molar refractivity (Wildman–Crippen MR) is 152 cm³/mol. The first-order valence-corrected chi connectivity index (χ1v) is 13.9. The molecular weight excluding hydrogens is 551 g/mol. The van der Waals surface area contributed by atoms with Crippen molar-refractivity contribution in [1.29, 1.82) is 5.26 Å². The summed E-state index contributed by atoms with van der Waals surface area (Å²) in [5.74, 6) is 0.352. The fraction of sp³-hybridized carbons (Fsp3) is 0.310. The molecule has 1 aliphatic rings. The molecule has 0 radical (unpaired) electrons. The van der Waals surface area contributed by atoms with Crippen LogP contribution in [0.2, 0.25) is 0 Å². The van der Waals surface area contributed by atoms with Gasteiger partial charge in [0.2, 0.25) is 5.91 Å². The quantitative estimate of drug-likeness (QED) is 0.258. The molecule has 0 saturated carbocycles. The van der Waals surface area contributed by atoms with Crippen LogP contribution in [-0.2, 0) is 17.5 Å². The smallest absolute Gasteiger partial charge is 0.367 e. The van der Waals surface area contributed by atoms with Crippen LogP contribution in [0.5, 0.6) is 0 Å². The first-order valence-electron chi connectivity index (χ1n) is 13.2. The van der Waals surface area contributed by atoms with E-state index in [9.17, 15) is 23.2 Å². The Hall–Kier alpha value is -4.08. The summed E-state index contributed by atoms with van der Waals surface area (Å²) in [7, 11) is 0. The number of nitriles is 1. The van der Waals surface area contributed by atoms with Crippen LogP contribution in [-0.4, -0.2) is 50.4 Å². The largest absolute Gasteiger partial charge is 0.417 e. The number of halogens is 3. The fourth-order valence-corrected chi connectivity index (χ4v) is 5.70. The van der Waals surface area contributed by atoms with Crippen LogP contribution < -0.4 is 10.6 Å². The van der Waals surface area contributed by atoms with E-state index in [2.05, 4.69) is 43.1 Å². The minimum Gasteiger partial charge on any atom is -0.367 e. The number of amides is 1. The molecule has 0 aliphatic carbocycles. The van der Waals surface area contributed by atoms with E-state index in [1.165, 1.54) is 13.0 Å². The van der Waals surface area contributed by atoms with Gasteiger partial charge in [-0.1, -0.05) is 12.1 Å². The highest BCUT2D eigenvalue weighted by Gasteiger charge is 2.30. The summed E-state index contributed by atoms with van der Waals surface area (Å²) in [6.07, 6.45) is 1.74. The minimum atomic E-state index is -4.39. The molecule has 0 spiro atoms. The molecule has 212 valence electrons. The molecule has 1 fully saturated rings. The Morgan fingerprint density at radius 2 is 1.85 bits per heavy atom. The Balaban J connectivity index is 1.17. The summed E-state index contributed by atoms with van der Waals surface area (Å²) in [6, 6.07) is 15.0. The molecule has 41 heavy (non-hydrogen) atoms. The maximum Gasteiger partial charge on any atom is 0.417 e. The lowest BCUT2D eigenvalue weighted by Gasteiger charge is -2.31. The molecule has 0 unspecified atom stereocenters. The molecule has 1 saturated heterocycles. The molecule has 3 aromatic heterocycles. The summed E-state index contributed by atoms with van der Waals surface area (Å²) in [5.41, 5.74) is 2.39. The number of nitrogens with one attached hydrogen (secondary N) is 2. The van der Waals surface area contributed by atoms with E-state index >= 15 is 0 Å². The van der Waals surface area contributed by atoms with Gasteiger partial charge in [-0.2, -0.15) is 18.4 Å². The number of benzene rings is 1. The SMILES string of the molecule is CC(=O)NCCn1cc(C#N)c2cc(-c3ccc(SN4CCC(Nc5ccc(C(F)(F)F)cn5)CC4)cc3)cnc21. The predicted octanol–water partition coefficient (Wildman–Crippen LogP) is 5.71. The van der Waals surface area contributed by atoms with E-state index in [0.717, 1.165) is 59.6 Å². The molecule has 0 bridgehead atoms. The third-order valence-corrected chi connectivity index (χ3v) is 7.99. The lowest BCUT2D eigenvalue weighted by atomic mass is 10.1. The molecular formula is C29H28F3N7OS. The first-order chi connectivity index (χ1) is 19.7. The van der Waals surface area contributed by atoms with Crippen LogP contribution in [0.3, 0.4) is 0 Å². The van der Waals surface area contributed by atoms with Crippen molar-refractivity contribution in [2.75, 3.05) is 25.0 Å². The van der Waals surface area contributed by atoms with Gasteiger partial charge in [-0.25, -0.2) is 14.3 Å². The Morgan fingerprint density at radius 1 is 1.10 bits per heavy atom. The maximum atomic E-state index is 12.8. The molecule has 0 atom stereocenters. The molecule has 2 N–H and O–H groups in total. The topological polar surface area (TPSA) is 98.9 Å². The zero-order chi connectivity index (χ0) is 29.0. The molecule has 5 rings (SSSR count). The average Bonchev–Trinajstić information content (AvgIpc) is 3.31. The van der Waals surface area contributed by atoms with E-state index < -0.39 is 11.7 Å². The van der Waals surface area contributed by atoms with Crippen molar-refractivity contribution >= 4 is 34.7 Å². The van der Waals surface area contributed by atoms with E-state index in [1.807, 2.05) is 22.8 Å². The fourth-order valence-electron chi connectivity index (χ4n) is 4.75. The highest BCUT2D eigenvalue weighted by Crippen LogP contribution is 2.32. The van der Waals surface area contributed by atoms with Crippen LogP contribution in [0, 0.1) is 11.3 Å². The Kier molecular flexibility index (Phi) is 8.46. The number of fused-ring (bicyclic) bond motifs is 1. The molecule has 1 amide bonds. The number of aromatic nitrogens is 3. The summed E-state index contributed by atoms with van der Waals surface area (Å²) in [6.45, 7) is 4.12. The second-order valence-electron chi connectivity index (χ2n) is 9.82. The summed E-state index contributed by atoms with van der Waals surface area (Å²) in [5, 5.41) is 16.4. The van der Waals surface area contributed by atoms with Crippen molar-refractivity contribution in [1.82, 2.24) is 24.2 Å². The molecule has 1 aromatic carbocycles. The number of alkyl halides is 3. The van der Waals surface area contributed by atoms with Crippen molar-refractivity contribution < 1.29 is 18.0 Å². The first kappa shape index (κ1) is 28.4. The number of carbonyl (C=O) groups is 1. The second kappa shape index (κ2) is 12.2. The van der Waals surface area contributed by atoms with Crippen LogP contribution in [0.15, 0.2) is 66.0 Å². The zero-order valence-electron chi connectivity index (χ0n) is 22.3. The van der Waals surface area contributed by atoms with Crippen molar-refractivity contribution in [3.63, 3.8) is 0 Å². The van der Waals surface area contributed by atoms with E-state index in [4.69, 9.17) is 0 Å². The lowest BCUT2D eigenvalue weighted by molar-refractivity contribution is -0.137. The van der Waals surface area contributed by atoms with Crippen LogP contribution in [0.1, 0.15) is 30.9 Å². The van der Waals surface area contributed by atoms with Crippen molar-refractivity contribution in [2.24, 2.45) is 0 Å². The van der Waals surface area contributed by atoms with Crippen LogP contribution in [0.4, 0.5) is 19.0 Å². The Bertz CT molecular complexity index is 1560. The second-order valence-corrected chi connectivity index (χ2v) is 11.0. The molecule has 1 aliphatic heterocycles. The van der Waals surface area contributed by atoms with Gasteiger partial charge in [-0.15, -0.1) is 0 Å². The van der Waals surface area contributed by atoms with Crippen molar-refractivity contribution in [3.8, 4) is 17.2 Å². The number of carbonyl (C=O) groups excluding carboxylic acids is 1. The lowest BCUT2D eigenvalue weighted by Crippen LogP contribution is -2.35. The third kappa shape index (κ3) is 6.99. The zero-order valence-corrected chi connectivity index (χ0v) is 23.1. The number of pyridine rings is 2. The molecule has 4 aromatic rings. The van der Waals surface area contributed by atoms with Gasteiger partial charge < -0.3 is 15.2 Å². The number of hydrogen-bond donors (Lipinski definition) is 2. The van der Waals surface area contributed by atoms with E-state index in [-0.39, 0.29) is 11.9 Å². The highest BCUT2D eigenvalue weighted by atomic mass is 32.2. The molecule has 4 heterocycles. The summed E-state index contributed by atoms with van der Waals surface area (Å²) < 4.78 is 42.4. The average molecular weight is 580 g/mol. The molecule has 12 heteroatoms. The normalized spacial score (nSPS) is 14.6. The Morgan fingerprint density at radius 3 is 2.49 bits per heavy atom. The van der Waals surface area contributed by atoms with Crippen LogP contribution >= 0.6 is 11.9 Å². The van der Waals surface area contributed by atoms with Gasteiger partial charge in [0.1, 0.15) is 17.5 Å². The summed E-state index contributed by atoms with van der Waals surface area (Å²) in [4.78, 5) is 20.8. The Labute approximate surface area is 239 Å². The molecule has 8 nitrogen and oxygen atoms in total. The highest BCUT2D eigenvalue weighted by molar-refractivity contribution is 7.97. The van der Waals surface area contributed by atoms with Gasteiger partial charge in [0.05, 0.1) is 11.1 Å². The van der Waals surface area contributed by atoms with Gasteiger partial charge in [0.15, 0.2) is 0 Å². The number of piperidine rings is 1. The monoisotopic (exact) mass is 579 g/mol. The number of hydrogen-bond acceptors (Lipinski definition) is 7. The standard InChI is InChI=1S/C29H28F3N7OS/c1-19(40)34-10-13-38-18-22(15-33)26-14-21(16-36-28(26)38)20-2-5-25(6-3-20)41-39-11-8-24(9-12-39)37-27-7-4-23(17-35-27)29(30,31)32/h2-7,14,16-18,24H,8-13H2,1H3,(H,34,40)(H,35,37). The minimum absolute atomic E-state index is 0.102. The summed E-state index contributed by atoms with van der Waals surface area (Å²) >= 11 is 1.68. The number of nitrogens with zero attached hydrogens (tertiary/aromatic N) is 5. The van der Waals surface area contributed by atoms with Gasteiger partial charge in [-0.3, -0.25) is 4.79 Å². The van der Waals surface area contributed by atoms with Gasteiger partial charge in [0, 0.05) is 73.6 Å². The van der Waals surface area contributed by atoms with Gasteiger partial charge in [-0.05, 0) is 60.7 Å². The van der Waals surface area contributed by atoms with E-state index in [1.54, 1.807) is 24.3 Å². The van der Waals surface area contributed by atoms with Gasteiger partial charge in [0.25, 0.3) is 0 Å². The van der Waals surface area contributed by atoms with Crippen LogP contribution in [0.25, 0.3) is 22.2 Å². The van der Waals surface area contributed by atoms with Crippen molar-refractivity contribution in [3.05, 3.63) is 72.2 Å². The number of rotatable bonds is 8. The van der Waals surface area contributed by atoms with Gasteiger partial charge >= 0.3 is 6.18 Å². The third-order valence-electron chi connectivity index (χ3n) is 6.88. The van der Waals surface area contributed by atoms with Crippen molar-refractivity contribution in [2.45, 2.75) is 43.4 Å².